The van der Waals surface area contributed by atoms with Crippen LogP contribution < -0.4 is 9.47 Å². The molecule has 0 radical (unpaired) electrons. The Labute approximate surface area is 203 Å². The van der Waals surface area contributed by atoms with Crippen molar-refractivity contribution in [2.24, 2.45) is 5.92 Å². The van der Waals surface area contributed by atoms with Crippen molar-refractivity contribution in [1.82, 2.24) is 4.90 Å². The minimum Gasteiger partial charge on any atom is -0.493 e. The highest BCUT2D eigenvalue weighted by Crippen LogP contribution is 2.35. The van der Waals surface area contributed by atoms with E-state index in [1.807, 2.05) is 39.0 Å². The van der Waals surface area contributed by atoms with E-state index in [-0.39, 0.29) is 18.0 Å². The molecule has 1 aliphatic heterocycles. The number of likely N-dealkylation sites (tertiary alicyclic amines) is 1. The van der Waals surface area contributed by atoms with Crippen LogP contribution in [0.2, 0.25) is 5.02 Å². The molecule has 3 rings (SSSR count). The van der Waals surface area contributed by atoms with Crippen molar-refractivity contribution in [3.8, 4) is 11.5 Å². The molecule has 6 heteroatoms. The maximum atomic E-state index is 11.9. The molecular weight excluding hydrogens is 438 g/mol. The van der Waals surface area contributed by atoms with Gasteiger partial charge in [0.2, 0.25) is 0 Å². The van der Waals surface area contributed by atoms with E-state index >= 15 is 0 Å². The fraction of sp³-hybridized carbons (Fsp3) is 0.519. The average Bonchev–Trinajstić information content (AvgIpc) is 2.78. The van der Waals surface area contributed by atoms with Gasteiger partial charge in [0.15, 0.2) is 0 Å². The number of benzene rings is 2. The van der Waals surface area contributed by atoms with Gasteiger partial charge < -0.3 is 14.2 Å². The zero-order valence-corrected chi connectivity index (χ0v) is 21.2. The van der Waals surface area contributed by atoms with Gasteiger partial charge in [0.1, 0.15) is 24.2 Å². The maximum Gasteiger partial charge on any atom is 0.308 e. The van der Waals surface area contributed by atoms with Crippen LogP contribution in [0.4, 0.5) is 0 Å². The highest BCUT2D eigenvalue weighted by molar-refractivity contribution is 6.32. The first kappa shape index (κ1) is 25.4. The molecule has 0 amide bonds. The van der Waals surface area contributed by atoms with Gasteiger partial charge in [-0.3, -0.25) is 9.69 Å². The molecule has 0 unspecified atom stereocenters. The van der Waals surface area contributed by atoms with Crippen molar-refractivity contribution in [3.05, 3.63) is 57.6 Å². The summed E-state index contributed by atoms with van der Waals surface area (Å²) in [5, 5.41) is 0.583. The first-order valence-corrected chi connectivity index (χ1v) is 12.2. The molecule has 180 valence electrons. The summed E-state index contributed by atoms with van der Waals surface area (Å²) in [5.74, 6) is 1.22. The van der Waals surface area contributed by atoms with Gasteiger partial charge in [0.05, 0.1) is 17.5 Å². The van der Waals surface area contributed by atoms with Crippen molar-refractivity contribution in [2.75, 3.05) is 19.7 Å². The quantitative estimate of drug-likeness (QED) is 0.412. The third-order valence-corrected chi connectivity index (χ3v) is 6.49. The number of hydrogen-bond acceptors (Lipinski definition) is 5. The Morgan fingerprint density at radius 3 is 2.48 bits per heavy atom. The average molecular weight is 474 g/mol. The molecule has 0 bridgehead atoms. The first-order valence-electron chi connectivity index (χ1n) is 11.8. The number of hydrogen-bond donors (Lipinski definition) is 0. The largest absolute Gasteiger partial charge is 0.493 e. The second-order valence-corrected chi connectivity index (χ2v) is 9.45. The van der Waals surface area contributed by atoms with Gasteiger partial charge in [-0.05, 0) is 56.4 Å². The Hall–Kier alpha value is -2.24. The molecule has 0 aliphatic carbocycles. The van der Waals surface area contributed by atoms with Gasteiger partial charge in [-0.15, -0.1) is 0 Å². The Morgan fingerprint density at radius 2 is 1.82 bits per heavy atom. The van der Waals surface area contributed by atoms with Crippen LogP contribution in [0.1, 0.15) is 55.9 Å². The van der Waals surface area contributed by atoms with Crippen LogP contribution in [-0.4, -0.2) is 36.7 Å². The van der Waals surface area contributed by atoms with E-state index in [1.165, 1.54) is 11.1 Å². The molecule has 0 atom stereocenters. The number of carbonyl (C=O) groups excluding carboxylic acids is 1. The van der Waals surface area contributed by atoms with Crippen LogP contribution in [0.25, 0.3) is 0 Å². The Bertz CT molecular complexity index is 951. The summed E-state index contributed by atoms with van der Waals surface area (Å²) in [6.45, 7) is 13.4. The molecule has 1 fully saturated rings. The summed E-state index contributed by atoms with van der Waals surface area (Å²) in [4.78, 5) is 14.2. The maximum absolute atomic E-state index is 11.9. The number of carbonyl (C=O) groups is 1. The van der Waals surface area contributed by atoms with E-state index in [4.69, 9.17) is 25.8 Å². The summed E-state index contributed by atoms with van der Waals surface area (Å²) in [5.41, 5.74) is 4.67. The number of aryl methyl sites for hydroxylation is 1. The number of halogens is 1. The molecule has 1 aliphatic rings. The molecule has 0 spiro atoms. The normalized spacial score (nSPS) is 15.0. The molecule has 33 heavy (non-hydrogen) atoms. The van der Waals surface area contributed by atoms with Crippen molar-refractivity contribution < 1.29 is 19.0 Å². The molecule has 1 heterocycles. The third-order valence-electron chi connectivity index (χ3n) is 6.20. The van der Waals surface area contributed by atoms with E-state index < -0.39 is 0 Å². The Morgan fingerprint density at radius 1 is 1.09 bits per heavy atom. The first-order chi connectivity index (χ1) is 15.8. The highest BCUT2D eigenvalue weighted by Gasteiger charge is 2.24. The molecule has 5 nitrogen and oxygen atoms in total. The SMILES string of the molecule is CCOc1cc(OCc2cccc(C)c2C)c(Cl)cc1CN1CCC(OC(=O)C(C)C)CC1. The summed E-state index contributed by atoms with van der Waals surface area (Å²) in [7, 11) is 0. The number of rotatable bonds is 9. The zero-order chi connectivity index (χ0) is 24.0. The third kappa shape index (κ3) is 6.87. The van der Waals surface area contributed by atoms with Crippen LogP contribution in [-0.2, 0) is 22.7 Å². The molecule has 2 aromatic carbocycles. The monoisotopic (exact) mass is 473 g/mol. The van der Waals surface area contributed by atoms with E-state index in [0.29, 0.717) is 24.0 Å². The van der Waals surface area contributed by atoms with Crippen LogP contribution in [0.15, 0.2) is 30.3 Å². The summed E-state index contributed by atoms with van der Waals surface area (Å²) < 4.78 is 17.6. The van der Waals surface area contributed by atoms with Crippen molar-refractivity contribution in [1.29, 1.82) is 0 Å². The second-order valence-electron chi connectivity index (χ2n) is 9.04. The summed E-state index contributed by atoms with van der Waals surface area (Å²) in [6, 6.07) is 10.1. The summed E-state index contributed by atoms with van der Waals surface area (Å²) >= 11 is 6.61. The molecule has 0 saturated carbocycles. The standard InChI is InChI=1S/C27H36ClNO4/c1-6-31-25-15-26(32-17-21-9-7-8-19(4)20(21)5)24(28)14-22(25)16-29-12-10-23(11-13-29)33-27(30)18(2)3/h7-9,14-15,18,23H,6,10-13,16-17H2,1-5H3. The lowest BCUT2D eigenvalue weighted by Crippen LogP contribution is -2.38. The van der Waals surface area contributed by atoms with Gasteiger partial charge >= 0.3 is 5.97 Å². The lowest BCUT2D eigenvalue weighted by Gasteiger charge is -2.32. The molecule has 1 saturated heterocycles. The van der Waals surface area contributed by atoms with E-state index in [9.17, 15) is 4.79 Å². The van der Waals surface area contributed by atoms with Crippen LogP contribution in [0.3, 0.4) is 0 Å². The topological polar surface area (TPSA) is 48.0 Å². The number of esters is 1. The smallest absolute Gasteiger partial charge is 0.308 e. The van der Waals surface area contributed by atoms with Gasteiger partial charge in [-0.25, -0.2) is 0 Å². The van der Waals surface area contributed by atoms with Gasteiger partial charge in [-0.1, -0.05) is 43.6 Å². The number of piperidine rings is 1. The Balaban J connectivity index is 1.65. The fourth-order valence-electron chi connectivity index (χ4n) is 3.95. The lowest BCUT2D eigenvalue weighted by molar-refractivity contribution is -0.155. The van der Waals surface area contributed by atoms with Gasteiger partial charge in [-0.2, -0.15) is 0 Å². The summed E-state index contributed by atoms with van der Waals surface area (Å²) in [6.07, 6.45) is 1.69. The van der Waals surface area contributed by atoms with Crippen molar-refractivity contribution in [3.63, 3.8) is 0 Å². The van der Waals surface area contributed by atoms with Crippen molar-refractivity contribution in [2.45, 2.75) is 66.7 Å². The van der Waals surface area contributed by atoms with Crippen LogP contribution in [0, 0.1) is 19.8 Å². The highest BCUT2D eigenvalue weighted by atomic mass is 35.5. The Kier molecular flexibility index (Phi) is 9.04. The van der Waals surface area contributed by atoms with E-state index in [0.717, 1.165) is 49.4 Å². The second kappa shape index (κ2) is 11.8. The molecule has 2 aromatic rings. The van der Waals surface area contributed by atoms with Gasteiger partial charge in [0, 0.05) is 31.3 Å². The lowest BCUT2D eigenvalue weighted by atomic mass is 10.0. The van der Waals surface area contributed by atoms with Crippen molar-refractivity contribution >= 4 is 17.6 Å². The molecule has 0 N–H and O–H groups in total. The molecule has 0 aromatic heterocycles. The van der Waals surface area contributed by atoms with Crippen LogP contribution >= 0.6 is 11.6 Å². The number of ether oxygens (including phenoxy) is 3. The van der Waals surface area contributed by atoms with Gasteiger partial charge in [0.25, 0.3) is 0 Å². The van der Waals surface area contributed by atoms with Crippen LogP contribution in [0.5, 0.6) is 11.5 Å². The number of nitrogens with zero attached hydrogens (tertiary/aromatic N) is 1. The minimum atomic E-state index is -0.115. The predicted molar refractivity (Wildman–Crippen MR) is 132 cm³/mol. The zero-order valence-electron chi connectivity index (χ0n) is 20.4. The van der Waals surface area contributed by atoms with E-state index in [1.54, 1.807) is 0 Å². The minimum absolute atomic E-state index is 0.00644. The molecular formula is C27H36ClNO4. The predicted octanol–water partition coefficient (Wildman–Crippen LogP) is 6.10. The fourth-order valence-corrected chi connectivity index (χ4v) is 4.19. The van der Waals surface area contributed by atoms with E-state index in [2.05, 4.69) is 30.9 Å².